The van der Waals surface area contributed by atoms with Gasteiger partial charge in [-0.1, -0.05) is 27.2 Å². The number of carbonyl (C=O) groups is 1. The van der Waals surface area contributed by atoms with Crippen molar-refractivity contribution >= 4 is 28.6 Å². The lowest BCUT2D eigenvalue weighted by molar-refractivity contribution is -0.274. The van der Waals surface area contributed by atoms with Crippen molar-refractivity contribution in [2.45, 2.75) is 65.3 Å². The SMILES string of the molecule is COC(=O)CCc1cc2nc(Nc3ccc(OC(F)(F)F)cc3)n(C3CC(C)CC[C@H]3C(C)C)c2cc1OC. The quantitative estimate of drug-likeness (QED) is 0.281. The fourth-order valence-corrected chi connectivity index (χ4v) is 5.63. The van der Waals surface area contributed by atoms with Crippen LogP contribution in [0.5, 0.6) is 11.5 Å². The smallest absolute Gasteiger partial charge is 0.496 e. The number of carbonyl (C=O) groups excluding carboxylic acids is 1. The molecule has 10 heteroatoms. The first-order valence-corrected chi connectivity index (χ1v) is 13.3. The summed E-state index contributed by atoms with van der Waals surface area (Å²) in [5.41, 5.74) is 3.08. The van der Waals surface area contributed by atoms with Crippen molar-refractivity contribution < 1.29 is 32.2 Å². The molecule has 1 aliphatic carbocycles. The third-order valence-corrected chi connectivity index (χ3v) is 7.58. The van der Waals surface area contributed by atoms with E-state index in [0.29, 0.717) is 41.6 Å². The first kappa shape index (κ1) is 28.6. The number of fused-ring (bicyclic) bond motifs is 1. The third kappa shape index (κ3) is 6.78. The predicted octanol–water partition coefficient (Wildman–Crippen LogP) is 7.43. The van der Waals surface area contributed by atoms with Gasteiger partial charge in [-0.3, -0.25) is 4.79 Å². The summed E-state index contributed by atoms with van der Waals surface area (Å²) in [7, 11) is 2.97. The molecule has 1 aromatic heterocycles. The van der Waals surface area contributed by atoms with Gasteiger partial charge >= 0.3 is 12.3 Å². The van der Waals surface area contributed by atoms with E-state index in [4.69, 9.17) is 14.5 Å². The first-order valence-electron chi connectivity index (χ1n) is 13.3. The number of nitrogens with one attached hydrogen (secondary N) is 1. The Morgan fingerprint density at radius 1 is 1.15 bits per heavy atom. The molecule has 0 saturated heterocycles. The van der Waals surface area contributed by atoms with Crippen LogP contribution in [0, 0.1) is 17.8 Å². The maximum absolute atomic E-state index is 12.6. The average molecular weight is 548 g/mol. The van der Waals surface area contributed by atoms with Gasteiger partial charge in [-0.25, -0.2) is 4.98 Å². The maximum atomic E-state index is 12.6. The molecule has 1 N–H and O–H groups in total. The number of methoxy groups -OCH3 is 2. The van der Waals surface area contributed by atoms with E-state index in [1.165, 1.54) is 31.4 Å². The Labute approximate surface area is 226 Å². The lowest BCUT2D eigenvalue weighted by atomic mass is 9.74. The van der Waals surface area contributed by atoms with Crippen molar-refractivity contribution in [3.63, 3.8) is 0 Å². The standard InChI is InChI=1S/C29H36F3N3O4/c1-17(2)22-12-6-18(3)14-24(22)35-25-16-26(37-4)19(7-13-27(36)38-5)15-23(25)34-28(35)33-20-8-10-21(11-9-20)39-29(30,31)32/h8-11,15-18,22,24H,6-7,12-14H2,1-5H3,(H,33,34)/t18?,22-,24?/m0/s1. The van der Waals surface area contributed by atoms with E-state index in [0.717, 1.165) is 35.9 Å². The van der Waals surface area contributed by atoms with Crippen LogP contribution < -0.4 is 14.8 Å². The summed E-state index contributed by atoms with van der Waals surface area (Å²) < 4.78 is 54.6. The normalized spacial score (nSPS) is 19.8. The largest absolute Gasteiger partial charge is 0.573 e. The lowest BCUT2D eigenvalue weighted by Gasteiger charge is -2.39. The van der Waals surface area contributed by atoms with Gasteiger partial charge < -0.3 is 24.1 Å². The van der Waals surface area contributed by atoms with Gasteiger partial charge in [0.1, 0.15) is 11.5 Å². The molecular formula is C29H36F3N3O4. The highest BCUT2D eigenvalue weighted by atomic mass is 19.4. The summed E-state index contributed by atoms with van der Waals surface area (Å²) in [6, 6.07) is 9.70. The highest BCUT2D eigenvalue weighted by Crippen LogP contribution is 2.45. The van der Waals surface area contributed by atoms with E-state index in [9.17, 15) is 18.0 Å². The molecule has 0 radical (unpaired) electrons. The van der Waals surface area contributed by atoms with E-state index in [2.05, 4.69) is 35.4 Å². The van der Waals surface area contributed by atoms with Crippen molar-refractivity contribution in [1.29, 1.82) is 0 Å². The molecule has 1 saturated carbocycles. The fraction of sp³-hybridized carbons (Fsp3) is 0.517. The zero-order valence-corrected chi connectivity index (χ0v) is 23.0. The summed E-state index contributed by atoms with van der Waals surface area (Å²) in [6.07, 6.45) is -0.856. The number of hydrogen-bond donors (Lipinski definition) is 1. The van der Waals surface area contributed by atoms with E-state index >= 15 is 0 Å². The molecule has 0 bridgehead atoms. The van der Waals surface area contributed by atoms with Crippen LogP contribution >= 0.6 is 0 Å². The Kier molecular flexibility index (Phi) is 8.61. The van der Waals surface area contributed by atoms with Crippen LogP contribution in [0.1, 0.15) is 58.1 Å². The van der Waals surface area contributed by atoms with Gasteiger partial charge in [-0.15, -0.1) is 13.2 Å². The number of anilines is 2. The van der Waals surface area contributed by atoms with Crippen molar-refractivity contribution in [2.24, 2.45) is 17.8 Å². The van der Waals surface area contributed by atoms with E-state index in [1.807, 2.05) is 12.1 Å². The minimum Gasteiger partial charge on any atom is -0.496 e. The van der Waals surface area contributed by atoms with Crippen molar-refractivity contribution in [3.8, 4) is 11.5 Å². The summed E-state index contributed by atoms with van der Waals surface area (Å²) >= 11 is 0. The summed E-state index contributed by atoms with van der Waals surface area (Å²) in [4.78, 5) is 16.7. The second kappa shape index (κ2) is 11.8. The van der Waals surface area contributed by atoms with Crippen LogP contribution in [0.15, 0.2) is 36.4 Å². The highest BCUT2D eigenvalue weighted by molar-refractivity contribution is 5.83. The highest BCUT2D eigenvalue weighted by Gasteiger charge is 2.35. The molecule has 1 fully saturated rings. The number of imidazole rings is 1. The number of alkyl halides is 3. The van der Waals surface area contributed by atoms with Crippen molar-refractivity contribution in [1.82, 2.24) is 9.55 Å². The molecule has 0 aliphatic heterocycles. The van der Waals surface area contributed by atoms with E-state index in [-0.39, 0.29) is 24.2 Å². The second-order valence-corrected chi connectivity index (χ2v) is 10.6. The first-order chi connectivity index (χ1) is 18.5. The number of halogens is 3. The average Bonchev–Trinajstić information content (AvgIpc) is 3.22. The van der Waals surface area contributed by atoms with Crippen LogP contribution in [-0.4, -0.2) is 36.1 Å². The van der Waals surface area contributed by atoms with Crippen molar-refractivity contribution in [3.05, 3.63) is 42.0 Å². The van der Waals surface area contributed by atoms with Crippen LogP contribution in [0.4, 0.5) is 24.8 Å². The van der Waals surface area contributed by atoms with Crippen LogP contribution in [0.2, 0.25) is 0 Å². The molecule has 212 valence electrons. The molecule has 0 amide bonds. The molecule has 1 heterocycles. The molecule has 39 heavy (non-hydrogen) atoms. The number of aryl methyl sites for hydroxylation is 1. The molecule has 2 aromatic carbocycles. The molecular weight excluding hydrogens is 511 g/mol. The number of benzene rings is 2. The molecule has 7 nitrogen and oxygen atoms in total. The molecule has 4 rings (SSSR count). The minimum absolute atomic E-state index is 0.166. The Balaban J connectivity index is 1.79. The lowest BCUT2D eigenvalue weighted by Crippen LogP contribution is -2.30. The van der Waals surface area contributed by atoms with Gasteiger partial charge in [0.15, 0.2) is 0 Å². The van der Waals surface area contributed by atoms with Crippen LogP contribution in [0.3, 0.4) is 0 Å². The van der Waals surface area contributed by atoms with E-state index < -0.39 is 6.36 Å². The molecule has 0 spiro atoms. The monoisotopic (exact) mass is 547 g/mol. The Bertz CT molecular complexity index is 1290. The van der Waals surface area contributed by atoms with Gasteiger partial charge in [0.25, 0.3) is 0 Å². The summed E-state index contributed by atoms with van der Waals surface area (Å²) in [5, 5.41) is 3.34. The van der Waals surface area contributed by atoms with Gasteiger partial charge in [0.2, 0.25) is 5.95 Å². The van der Waals surface area contributed by atoms with Crippen molar-refractivity contribution in [2.75, 3.05) is 19.5 Å². The number of rotatable bonds is 9. The van der Waals surface area contributed by atoms with Gasteiger partial charge in [0, 0.05) is 24.2 Å². The minimum atomic E-state index is -4.75. The number of esters is 1. The molecule has 1 aliphatic rings. The fourth-order valence-electron chi connectivity index (χ4n) is 5.63. The Morgan fingerprint density at radius 3 is 2.49 bits per heavy atom. The molecule has 2 unspecified atom stereocenters. The summed E-state index contributed by atoms with van der Waals surface area (Å²) in [6.45, 7) is 6.75. The van der Waals surface area contributed by atoms with Gasteiger partial charge in [0.05, 0.1) is 25.3 Å². The molecule has 3 aromatic rings. The maximum Gasteiger partial charge on any atom is 0.573 e. The van der Waals surface area contributed by atoms with Gasteiger partial charge in [-0.05, 0) is 72.9 Å². The Hall–Kier alpha value is -3.43. The number of ether oxygens (including phenoxy) is 3. The zero-order chi connectivity index (χ0) is 28.3. The summed E-state index contributed by atoms with van der Waals surface area (Å²) in [5.74, 6) is 2.08. The Morgan fingerprint density at radius 2 is 1.87 bits per heavy atom. The number of hydrogen-bond acceptors (Lipinski definition) is 6. The number of nitrogens with zero attached hydrogens (tertiary/aromatic N) is 2. The van der Waals surface area contributed by atoms with Gasteiger partial charge in [-0.2, -0.15) is 0 Å². The van der Waals surface area contributed by atoms with Crippen LogP contribution in [0.25, 0.3) is 11.0 Å². The number of aromatic nitrogens is 2. The molecule has 3 atom stereocenters. The second-order valence-electron chi connectivity index (χ2n) is 10.6. The predicted molar refractivity (Wildman–Crippen MR) is 143 cm³/mol. The zero-order valence-electron chi connectivity index (χ0n) is 23.0. The van der Waals surface area contributed by atoms with Crippen LogP contribution in [-0.2, 0) is 16.0 Å². The third-order valence-electron chi connectivity index (χ3n) is 7.58. The topological polar surface area (TPSA) is 74.6 Å². The van der Waals surface area contributed by atoms with E-state index in [1.54, 1.807) is 7.11 Å².